The Bertz CT molecular complexity index is 949. The average molecular weight is 405 g/mol. The molecule has 0 atom stereocenters. The number of hydrogen-bond donors (Lipinski definition) is 0. The van der Waals surface area contributed by atoms with E-state index in [2.05, 4.69) is 84.9 Å². The Balaban J connectivity index is 2.18. The van der Waals surface area contributed by atoms with Gasteiger partial charge in [-0.3, -0.25) is 0 Å². The maximum atomic E-state index is 8.08. The standard InChI is InChI=1S/C25H22ClOP/c1-27-21-17-19-25(20-18-21)28(26,22-11-5-2-6-12-22,23-13-7-3-8-14-23)24-15-9-4-10-16-24/h2-20H,1H3. The summed E-state index contributed by atoms with van der Waals surface area (Å²) >= 11 is 8.08. The first-order valence-electron chi connectivity index (χ1n) is 9.23. The average Bonchev–Trinajstić information content (AvgIpc) is 2.80. The second-order valence-electron chi connectivity index (χ2n) is 6.71. The Morgan fingerprint density at radius 2 is 0.821 bits per heavy atom. The van der Waals surface area contributed by atoms with Crippen LogP contribution in [0.3, 0.4) is 0 Å². The van der Waals surface area contributed by atoms with Crippen molar-refractivity contribution in [2.75, 3.05) is 7.11 Å². The molecular formula is C25H22ClOP. The SMILES string of the molecule is COc1ccc(P(Cl)(c2ccccc2)(c2ccccc2)c2ccccc2)cc1. The molecule has 28 heavy (non-hydrogen) atoms. The van der Waals surface area contributed by atoms with Crippen molar-refractivity contribution in [1.82, 2.24) is 0 Å². The van der Waals surface area contributed by atoms with Crippen LogP contribution >= 0.6 is 17.2 Å². The molecule has 0 aliphatic rings. The molecule has 3 heteroatoms. The molecule has 0 spiro atoms. The quantitative estimate of drug-likeness (QED) is 0.425. The third-order valence-electron chi connectivity index (χ3n) is 5.28. The van der Waals surface area contributed by atoms with Crippen LogP contribution < -0.4 is 26.0 Å². The van der Waals surface area contributed by atoms with Crippen LogP contribution in [0.15, 0.2) is 115 Å². The van der Waals surface area contributed by atoms with E-state index in [4.69, 9.17) is 16.0 Å². The molecule has 0 unspecified atom stereocenters. The van der Waals surface area contributed by atoms with Gasteiger partial charge in [-0.2, -0.15) is 0 Å². The van der Waals surface area contributed by atoms with Crippen LogP contribution in [0.2, 0.25) is 0 Å². The summed E-state index contributed by atoms with van der Waals surface area (Å²) in [7, 11) is 1.68. The van der Waals surface area contributed by atoms with Gasteiger partial charge in [0.15, 0.2) is 0 Å². The zero-order chi connectivity index (χ0) is 19.5. The minimum atomic E-state index is -3.44. The Kier molecular flexibility index (Phi) is 4.98. The summed E-state index contributed by atoms with van der Waals surface area (Å²) in [6.07, 6.45) is 0. The zero-order valence-electron chi connectivity index (χ0n) is 15.7. The molecule has 0 N–H and O–H groups in total. The van der Waals surface area contributed by atoms with Crippen molar-refractivity contribution in [1.29, 1.82) is 0 Å². The summed E-state index contributed by atoms with van der Waals surface area (Å²) in [4.78, 5) is 0. The first-order chi connectivity index (χ1) is 13.7. The maximum absolute atomic E-state index is 8.08. The van der Waals surface area contributed by atoms with Gasteiger partial charge in [0.25, 0.3) is 0 Å². The van der Waals surface area contributed by atoms with E-state index in [0.717, 1.165) is 27.0 Å². The Morgan fingerprint density at radius 1 is 0.500 bits per heavy atom. The zero-order valence-corrected chi connectivity index (χ0v) is 17.4. The van der Waals surface area contributed by atoms with Crippen LogP contribution in [0.25, 0.3) is 0 Å². The fraction of sp³-hybridized carbons (Fsp3) is 0.0400. The monoisotopic (exact) mass is 404 g/mol. The van der Waals surface area contributed by atoms with E-state index < -0.39 is 5.96 Å². The summed E-state index contributed by atoms with van der Waals surface area (Å²) in [5.74, 6) is -2.62. The van der Waals surface area contributed by atoms with Crippen LogP contribution in [0, 0.1) is 0 Å². The number of halogens is 1. The van der Waals surface area contributed by atoms with Crippen molar-refractivity contribution in [3.05, 3.63) is 115 Å². The van der Waals surface area contributed by atoms with Crippen LogP contribution in [0.1, 0.15) is 0 Å². The van der Waals surface area contributed by atoms with Crippen LogP contribution in [0.5, 0.6) is 5.75 Å². The van der Waals surface area contributed by atoms with Crippen molar-refractivity contribution in [3.63, 3.8) is 0 Å². The second-order valence-corrected chi connectivity index (χ2v) is 12.8. The molecule has 4 rings (SSSR count). The van der Waals surface area contributed by atoms with E-state index in [-0.39, 0.29) is 0 Å². The summed E-state index contributed by atoms with van der Waals surface area (Å²) in [6.45, 7) is 0. The Morgan fingerprint density at radius 3 is 1.14 bits per heavy atom. The van der Waals surface area contributed by atoms with Crippen LogP contribution in [-0.2, 0) is 0 Å². The van der Waals surface area contributed by atoms with Gasteiger partial charge in [0.05, 0.1) is 0 Å². The summed E-state index contributed by atoms with van der Waals surface area (Å²) in [5.41, 5.74) is 0. The summed E-state index contributed by atoms with van der Waals surface area (Å²) in [6, 6.07) is 39.6. The van der Waals surface area contributed by atoms with Gasteiger partial charge in [-0.05, 0) is 0 Å². The van der Waals surface area contributed by atoms with Crippen molar-refractivity contribution >= 4 is 38.4 Å². The molecule has 140 valence electrons. The molecule has 1 nitrogen and oxygen atoms in total. The number of rotatable bonds is 5. The molecule has 4 aromatic carbocycles. The minimum absolute atomic E-state index is 0.819. The van der Waals surface area contributed by atoms with Crippen molar-refractivity contribution in [2.24, 2.45) is 0 Å². The van der Waals surface area contributed by atoms with E-state index in [1.165, 1.54) is 0 Å². The molecule has 0 bridgehead atoms. The molecule has 0 radical (unpaired) electrons. The number of ether oxygens (including phenoxy) is 1. The van der Waals surface area contributed by atoms with Crippen LogP contribution in [0.4, 0.5) is 0 Å². The summed E-state index contributed by atoms with van der Waals surface area (Å²) in [5, 5.41) is 4.46. The molecule has 0 aromatic heterocycles. The van der Waals surface area contributed by atoms with E-state index in [1.54, 1.807) is 7.11 Å². The molecule has 0 saturated carbocycles. The van der Waals surface area contributed by atoms with E-state index in [1.807, 2.05) is 30.3 Å². The predicted octanol–water partition coefficient (Wildman–Crippen LogP) is 5.00. The number of methoxy groups -OCH3 is 1. The Labute approximate surface area is 171 Å². The third kappa shape index (κ3) is 2.75. The normalized spacial score (nSPS) is 12.7. The molecule has 0 saturated heterocycles. The van der Waals surface area contributed by atoms with Crippen molar-refractivity contribution in [3.8, 4) is 5.75 Å². The fourth-order valence-electron chi connectivity index (χ4n) is 3.88. The van der Waals surface area contributed by atoms with Gasteiger partial charge in [-0.1, -0.05) is 0 Å². The van der Waals surface area contributed by atoms with Gasteiger partial charge >= 0.3 is 171 Å². The first-order valence-corrected chi connectivity index (χ1v) is 12.4. The molecule has 0 amide bonds. The molecular weight excluding hydrogens is 383 g/mol. The topological polar surface area (TPSA) is 9.23 Å². The van der Waals surface area contributed by atoms with Gasteiger partial charge in [0, 0.05) is 0 Å². The predicted molar refractivity (Wildman–Crippen MR) is 124 cm³/mol. The van der Waals surface area contributed by atoms with Gasteiger partial charge in [-0.25, -0.2) is 0 Å². The molecule has 0 aliphatic carbocycles. The third-order valence-corrected chi connectivity index (χ3v) is 12.7. The van der Waals surface area contributed by atoms with E-state index >= 15 is 0 Å². The Hall–Kier alpha value is -2.60. The van der Waals surface area contributed by atoms with E-state index in [9.17, 15) is 0 Å². The molecule has 0 aliphatic heterocycles. The fourth-order valence-corrected chi connectivity index (χ4v) is 9.93. The molecule has 0 heterocycles. The molecule has 0 fully saturated rings. The van der Waals surface area contributed by atoms with Crippen molar-refractivity contribution < 1.29 is 4.74 Å². The van der Waals surface area contributed by atoms with Gasteiger partial charge in [-0.15, -0.1) is 0 Å². The second kappa shape index (κ2) is 7.43. The summed E-state index contributed by atoms with van der Waals surface area (Å²) < 4.78 is 5.40. The number of hydrogen-bond acceptors (Lipinski definition) is 1. The molecule has 4 aromatic rings. The van der Waals surface area contributed by atoms with Gasteiger partial charge in [0.2, 0.25) is 0 Å². The van der Waals surface area contributed by atoms with Gasteiger partial charge < -0.3 is 0 Å². The van der Waals surface area contributed by atoms with Crippen LogP contribution in [-0.4, -0.2) is 7.11 Å². The first kappa shape index (κ1) is 18.7. The van der Waals surface area contributed by atoms with E-state index in [0.29, 0.717) is 0 Å². The van der Waals surface area contributed by atoms with Crippen molar-refractivity contribution in [2.45, 2.75) is 0 Å². The van der Waals surface area contributed by atoms with Gasteiger partial charge in [0.1, 0.15) is 0 Å². The number of benzene rings is 4.